The second kappa shape index (κ2) is 4.05. The van der Waals surface area contributed by atoms with Crippen molar-refractivity contribution in [1.29, 1.82) is 0 Å². The Labute approximate surface area is 74.8 Å². The van der Waals surface area contributed by atoms with Gasteiger partial charge in [-0.1, -0.05) is 37.3 Å². The number of Topliss-reactive ketones (excluding diaryl/α,β-unsaturated/α-hetero) is 1. The maximum atomic E-state index is 11.1. The summed E-state index contributed by atoms with van der Waals surface area (Å²) in [5.41, 5.74) is 1.04. The van der Waals surface area contributed by atoms with Crippen LogP contribution in [0.15, 0.2) is 30.3 Å². The third-order valence-electron chi connectivity index (χ3n) is 1.91. The molecule has 0 bridgehead atoms. The molecule has 1 rings (SSSR count). The maximum absolute atomic E-state index is 11.1. The summed E-state index contributed by atoms with van der Waals surface area (Å²) in [7, 11) is 0. The Morgan fingerprint density at radius 3 is 2.58 bits per heavy atom. The second-order valence-electron chi connectivity index (χ2n) is 3.00. The van der Waals surface area contributed by atoms with Crippen molar-refractivity contribution < 1.29 is 6.17 Å². The molecule has 0 aliphatic heterocycles. The Morgan fingerprint density at radius 1 is 1.50 bits per heavy atom. The Hall–Kier alpha value is -1.11. The highest BCUT2D eigenvalue weighted by Gasteiger charge is 2.07. The lowest BCUT2D eigenvalue weighted by Gasteiger charge is -2.06. The van der Waals surface area contributed by atoms with E-state index < -0.39 is 5.89 Å². The molecule has 64 valence electrons. The van der Waals surface area contributed by atoms with Gasteiger partial charge in [-0.15, -0.1) is 0 Å². The van der Waals surface area contributed by atoms with Crippen LogP contribution in [0.2, 0.25) is 0 Å². The molecule has 12 heavy (non-hydrogen) atoms. The average Bonchev–Trinajstić information content (AvgIpc) is 2.05. The molecule has 0 amide bonds. The van der Waals surface area contributed by atoms with E-state index in [2.05, 4.69) is 0 Å². The van der Waals surface area contributed by atoms with E-state index >= 15 is 0 Å². The minimum absolute atomic E-state index is 0.0867. The van der Waals surface area contributed by atoms with Crippen LogP contribution >= 0.6 is 0 Å². The summed E-state index contributed by atoms with van der Waals surface area (Å²) in [6, 6.07) is 9.65. The van der Waals surface area contributed by atoms with Crippen LogP contribution in [0.5, 0.6) is 0 Å². The minimum Gasteiger partial charge on any atom is -0.300 e. The number of carbonyl (C=O) groups excluding carboxylic acids is 1. The largest absolute Gasteiger partial charge is 0.300 e. The standard InChI is InChI=1S/C11H14O/c1-9(10(2)12)8-11-6-4-3-5-7-11/h3-7,9H,8H2,1-2H3/t9-/m1/s1/i9D. The molecule has 0 saturated heterocycles. The van der Waals surface area contributed by atoms with Crippen LogP contribution in [0, 0.1) is 5.89 Å². The molecule has 0 unspecified atom stereocenters. The molecule has 1 atom stereocenters. The van der Waals surface area contributed by atoms with Crippen molar-refractivity contribution in [3.63, 3.8) is 0 Å². The number of carbonyl (C=O) groups is 1. The zero-order chi connectivity index (χ0) is 9.90. The summed E-state index contributed by atoms with van der Waals surface area (Å²) in [6.45, 7) is 3.12. The first-order valence-corrected chi connectivity index (χ1v) is 4.07. The van der Waals surface area contributed by atoms with E-state index in [0.29, 0.717) is 6.42 Å². The summed E-state index contributed by atoms with van der Waals surface area (Å²) in [5, 5.41) is 0. The third-order valence-corrected chi connectivity index (χ3v) is 1.91. The molecule has 1 nitrogen and oxygen atoms in total. The first kappa shape index (κ1) is 7.53. The Morgan fingerprint density at radius 2 is 2.08 bits per heavy atom. The molecule has 0 saturated carbocycles. The monoisotopic (exact) mass is 163 g/mol. The topological polar surface area (TPSA) is 17.1 Å². The normalized spacial score (nSPS) is 16.3. The van der Waals surface area contributed by atoms with Gasteiger partial charge in [-0.3, -0.25) is 4.79 Å². The van der Waals surface area contributed by atoms with Gasteiger partial charge in [0.25, 0.3) is 0 Å². The lowest BCUT2D eigenvalue weighted by Crippen LogP contribution is -2.09. The van der Waals surface area contributed by atoms with Crippen LogP contribution in [-0.2, 0) is 11.2 Å². The highest BCUT2D eigenvalue weighted by atomic mass is 16.1. The molecule has 0 fully saturated rings. The predicted molar refractivity (Wildman–Crippen MR) is 50.0 cm³/mol. The summed E-state index contributed by atoms with van der Waals surface area (Å²) in [5.74, 6) is -1.07. The Kier molecular flexibility index (Phi) is 2.54. The molecule has 0 radical (unpaired) electrons. The van der Waals surface area contributed by atoms with Crippen molar-refractivity contribution in [2.75, 3.05) is 0 Å². The second-order valence-corrected chi connectivity index (χ2v) is 3.00. The van der Waals surface area contributed by atoms with Gasteiger partial charge in [0.05, 0.1) is 0 Å². The maximum Gasteiger partial charge on any atom is 0.132 e. The highest BCUT2D eigenvalue weighted by Crippen LogP contribution is 2.08. The average molecular weight is 163 g/mol. The SMILES string of the molecule is [2H][C@@](C)(Cc1ccccc1)C(C)=O. The predicted octanol–water partition coefficient (Wildman–Crippen LogP) is 2.45. The van der Waals surface area contributed by atoms with E-state index in [0.717, 1.165) is 5.56 Å². The molecular weight excluding hydrogens is 148 g/mol. The van der Waals surface area contributed by atoms with E-state index in [4.69, 9.17) is 1.37 Å². The fraction of sp³-hybridized carbons (Fsp3) is 0.364. The Balaban J connectivity index is 2.75. The fourth-order valence-corrected chi connectivity index (χ4v) is 1.03. The molecule has 1 aromatic carbocycles. The van der Waals surface area contributed by atoms with Crippen molar-refractivity contribution >= 4 is 5.78 Å². The smallest absolute Gasteiger partial charge is 0.132 e. The molecule has 1 heteroatoms. The number of ketones is 1. The van der Waals surface area contributed by atoms with Gasteiger partial charge >= 0.3 is 0 Å². The van der Waals surface area contributed by atoms with Gasteiger partial charge in [-0.25, -0.2) is 0 Å². The first-order chi connectivity index (χ1) is 6.02. The van der Waals surface area contributed by atoms with Crippen LogP contribution in [0.1, 0.15) is 20.8 Å². The zero-order valence-corrected chi connectivity index (χ0v) is 7.50. The number of hydrogen-bond donors (Lipinski definition) is 0. The van der Waals surface area contributed by atoms with E-state index in [1.807, 2.05) is 30.3 Å². The van der Waals surface area contributed by atoms with Gasteiger partial charge < -0.3 is 0 Å². The minimum atomic E-state index is -0.985. The fourth-order valence-electron chi connectivity index (χ4n) is 1.03. The highest BCUT2D eigenvalue weighted by molar-refractivity contribution is 5.78. The van der Waals surface area contributed by atoms with E-state index in [-0.39, 0.29) is 5.78 Å². The van der Waals surface area contributed by atoms with Gasteiger partial charge in [0, 0.05) is 7.26 Å². The van der Waals surface area contributed by atoms with Crippen molar-refractivity contribution in [3.05, 3.63) is 35.9 Å². The van der Waals surface area contributed by atoms with Crippen LogP contribution in [0.3, 0.4) is 0 Å². The van der Waals surface area contributed by atoms with Crippen LogP contribution < -0.4 is 0 Å². The number of hydrogen-bond acceptors (Lipinski definition) is 1. The van der Waals surface area contributed by atoms with E-state index in [9.17, 15) is 4.79 Å². The van der Waals surface area contributed by atoms with E-state index in [1.165, 1.54) is 6.92 Å². The molecular formula is C11H14O. The summed E-state index contributed by atoms with van der Waals surface area (Å²) in [6.07, 6.45) is 0.489. The van der Waals surface area contributed by atoms with Crippen molar-refractivity contribution in [2.45, 2.75) is 20.3 Å². The van der Waals surface area contributed by atoms with Gasteiger partial charge in [-0.2, -0.15) is 0 Å². The quantitative estimate of drug-likeness (QED) is 0.669. The molecule has 0 N–H and O–H groups in total. The Bertz CT molecular complexity index is 290. The van der Waals surface area contributed by atoms with Gasteiger partial charge in [-0.05, 0) is 18.9 Å². The lowest BCUT2D eigenvalue weighted by atomic mass is 9.98. The summed E-state index contributed by atoms with van der Waals surface area (Å²) >= 11 is 0. The van der Waals surface area contributed by atoms with Crippen molar-refractivity contribution in [1.82, 2.24) is 0 Å². The molecule has 0 aromatic heterocycles. The van der Waals surface area contributed by atoms with Crippen LogP contribution in [0.25, 0.3) is 0 Å². The summed E-state index contributed by atoms with van der Waals surface area (Å²) < 4.78 is 7.77. The molecule has 0 heterocycles. The number of rotatable bonds is 3. The molecule has 1 aromatic rings. The zero-order valence-electron chi connectivity index (χ0n) is 8.50. The first-order valence-electron chi connectivity index (χ1n) is 4.57. The molecule has 0 spiro atoms. The van der Waals surface area contributed by atoms with Gasteiger partial charge in [0.1, 0.15) is 5.78 Å². The summed E-state index contributed by atoms with van der Waals surface area (Å²) in [4.78, 5) is 11.1. The number of benzene rings is 1. The van der Waals surface area contributed by atoms with Crippen LogP contribution in [0.4, 0.5) is 0 Å². The third kappa shape index (κ3) is 2.50. The van der Waals surface area contributed by atoms with E-state index in [1.54, 1.807) is 6.92 Å². The van der Waals surface area contributed by atoms with Gasteiger partial charge in [0.15, 0.2) is 0 Å². The van der Waals surface area contributed by atoms with Gasteiger partial charge in [0.2, 0.25) is 0 Å². The lowest BCUT2D eigenvalue weighted by molar-refractivity contribution is -0.120. The van der Waals surface area contributed by atoms with Crippen molar-refractivity contribution in [2.24, 2.45) is 5.89 Å². The van der Waals surface area contributed by atoms with Crippen LogP contribution in [-0.4, -0.2) is 5.78 Å². The van der Waals surface area contributed by atoms with Crippen molar-refractivity contribution in [3.8, 4) is 0 Å². The molecule has 0 aliphatic carbocycles. The molecule has 0 aliphatic rings.